The van der Waals surface area contributed by atoms with Crippen molar-refractivity contribution in [1.29, 1.82) is 0 Å². The molecule has 3 aromatic carbocycles. The van der Waals surface area contributed by atoms with Crippen molar-refractivity contribution in [2.45, 2.75) is 25.7 Å². The summed E-state index contributed by atoms with van der Waals surface area (Å²) in [6, 6.07) is 14.5. The van der Waals surface area contributed by atoms with Gasteiger partial charge in [-0.2, -0.15) is 0 Å². The molecule has 0 radical (unpaired) electrons. The van der Waals surface area contributed by atoms with E-state index in [0.717, 1.165) is 17.0 Å². The average Bonchev–Trinajstić information content (AvgIpc) is 2.57. The monoisotopic (exact) mass is 418 g/mol. The topological polar surface area (TPSA) is 92.3 Å². The van der Waals surface area contributed by atoms with Gasteiger partial charge in [0, 0.05) is 5.39 Å². The van der Waals surface area contributed by atoms with Gasteiger partial charge in [0.05, 0.1) is 22.5 Å². The number of rotatable bonds is 5. The lowest BCUT2D eigenvalue weighted by molar-refractivity contribution is 0.599. The van der Waals surface area contributed by atoms with Crippen LogP contribution in [0.5, 0.6) is 0 Å². The number of sulfonamides is 2. The Bertz CT molecular complexity index is 1280. The largest absolute Gasteiger partial charge is 0.283 e. The highest BCUT2D eigenvalue weighted by Gasteiger charge is 2.24. The minimum atomic E-state index is -3.95. The number of aryl methyl sites for hydroxylation is 2. The van der Waals surface area contributed by atoms with Crippen LogP contribution >= 0.6 is 0 Å². The molecule has 0 aliphatic heterocycles. The lowest BCUT2D eigenvalue weighted by atomic mass is 10.1. The van der Waals surface area contributed by atoms with E-state index in [9.17, 15) is 16.8 Å². The normalized spacial score (nSPS) is 12.1. The molecule has 0 aliphatic carbocycles. The zero-order chi connectivity index (χ0) is 20.7. The third-order valence-corrected chi connectivity index (χ3v) is 6.72. The Morgan fingerprint density at radius 3 is 2.11 bits per heavy atom. The second kappa shape index (κ2) is 7.10. The van der Waals surface area contributed by atoms with E-state index in [1.54, 1.807) is 39.0 Å². The number of anilines is 2. The molecule has 0 atom stereocenters. The van der Waals surface area contributed by atoms with Crippen LogP contribution in [0.25, 0.3) is 10.8 Å². The van der Waals surface area contributed by atoms with E-state index in [0.29, 0.717) is 22.4 Å². The molecule has 0 aromatic heterocycles. The number of benzene rings is 3. The van der Waals surface area contributed by atoms with Crippen LogP contribution in [0.4, 0.5) is 11.4 Å². The quantitative estimate of drug-likeness (QED) is 0.656. The number of hydrogen-bond donors (Lipinski definition) is 2. The molecule has 0 unspecified atom stereocenters. The van der Waals surface area contributed by atoms with Crippen LogP contribution in [0.15, 0.2) is 53.4 Å². The Hall–Kier alpha value is -2.58. The van der Waals surface area contributed by atoms with E-state index in [1.807, 2.05) is 30.3 Å². The first-order valence-corrected chi connectivity index (χ1v) is 12.0. The van der Waals surface area contributed by atoms with Gasteiger partial charge in [-0.3, -0.25) is 9.44 Å². The molecule has 0 amide bonds. The van der Waals surface area contributed by atoms with Crippen LogP contribution in [-0.4, -0.2) is 23.1 Å². The Labute approximate surface area is 165 Å². The highest BCUT2D eigenvalue weighted by atomic mass is 32.2. The number of nitrogens with one attached hydrogen (secondary N) is 2. The molecule has 0 fully saturated rings. The van der Waals surface area contributed by atoms with Gasteiger partial charge in [0.15, 0.2) is 0 Å². The summed E-state index contributed by atoms with van der Waals surface area (Å²) in [5.41, 5.74) is 2.31. The maximum atomic E-state index is 13.2. The molecular formula is C20H22N2O4S2. The van der Waals surface area contributed by atoms with Gasteiger partial charge in [0.1, 0.15) is 0 Å². The van der Waals surface area contributed by atoms with E-state index >= 15 is 0 Å². The van der Waals surface area contributed by atoms with E-state index in [4.69, 9.17) is 0 Å². The molecular weight excluding hydrogens is 396 g/mol. The molecule has 148 valence electrons. The van der Waals surface area contributed by atoms with E-state index in [-0.39, 0.29) is 10.6 Å². The fourth-order valence-corrected chi connectivity index (χ4v) is 5.68. The van der Waals surface area contributed by atoms with E-state index < -0.39 is 20.0 Å². The van der Waals surface area contributed by atoms with Crippen molar-refractivity contribution in [3.05, 3.63) is 65.2 Å². The molecule has 0 bridgehead atoms. The highest BCUT2D eigenvalue weighted by Crippen LogP contribution is 2.33. The van der Waals surface area contributed by atoms with Crippen LogP contribution in [0.3, 0.4) is 0 Å². The Kier molecular flexibility index (Phi) is 5.12. The third kappa shape index (κ3) is 3.98. The molecule has 2 N–H and O–H groups in total. The van der Waals surface area contributed by atoms with Crippen molar-refractivity contribution < 1.29 is 16.8 Å². The predicted octanol–water partition coefficient (Wildman–Crippen LogP) is 3.94. The summed E-state index contributed by atoms with van der Waals surface area (Å²) in [4.78, 5) is 0.0668. The van der Waals surface area contributed by atoms with Gasteiger partial charge in [0.25, 0.3) is 10.0 Å². The summed E-state index contributed by atoms with van der Waals surface area (Å²) >= 11 is 0. The molecule has 0 aliphatic rings. The molecule has 0 spiro atoms. The molecule has 3 rings (SSSR count). The minimum absolute atomic E-state index is 0.0668. The first-order valence-electron chi connectivity index (χ1n) is 8.59. The van der Waals surface area contributed by atoms with E-state index in [2.05, 4.69) is 9.44 Å². The van der Waals surface area contributed by atoms with Gasteiger partial charge in [-0.1, -0.05) is 42.5 Å². The fourth-order valence-electron chi connectivity index (χ4n) is 3.43. The highest BCUT2D eigenvalue weighted by molar-refractivity contribution is 7.93. The molecule has 3 aromatic rings. The Morgan fingerprint density at radius 1 is 0.786 bits per heavy atom. The molecule has 0 heterocycles. The first kappa shape index (κ1) is 20.2. The smallest absolute Gasteiger partial charge is 0.262 e. The number of fused-ring (bicyclic) bond motifs is 1. The van der Waals surface area contributed by atoms with Crippen molar-refractivity contribution >= 4 is 42.2 Å². The second-order valence-corrected chi connectivity index (χ2v) is 10.2. The lowest BCUT2D eigenvalue weighted by Crippen LogP contribution is -2.19. The summed E-state index contributed by atoms with van der Waals surface area (Å²) in [7, 11) is -7.50. The average molecular weight is 419 g/mol. The third-order valence-electron chi connectivity index (χ3n) is 4.49. The van der Waals surface area contributed by atoms with Crippen LogP contribution in [-0.2, 0) is 20.0 Å². The molecule has 8 heteroatoms. The second-order valence-electron chi connectivity index (χ2n) is 6.85. The Morgan fingerprint density at radius 2 is 1.43 bits per heavy atom. The fraction of sp³-hybridized carbons (Fsp3) is 0.200. The zero-order valence-electron chi connectivity index (χ0n) is 16.1. The molecule has 28 heavy (non-hydrogen) atoms. The van der Waals surface area contributed by atoms with Crippen LogP contribution < -0.4 is 9.44 Å². The van der Waals surface area contributed by atoms with Gasteiger partial charge in [-0.05, 0) is 48.9 Å². The standard InChI is InChI=1S/C20H22N2O4S2/c1-13-12-14(2)20(15(3)19(13)22-27(4,23)24)28(25,26)21-18-11-7-9-16-8-5-6-10-17(16)18/h5-12,21-22H,1-4H3. The maximum Gasteiger partial charge on any atom is 0.262 e. The van der Waals surface area contributed by atoms with Crippen molar-refractivity contribution in [2.24, 2.45) is 0 Å². The van der Waals surface area contributed by atoms with Gasteiger partial charge in [-0.25, -0.2) is 16.8 Å². The van der Waals surface area contributed by atoms with Crippen LogP contribution in [0, 0.1) is 20.8 Å². The molecule has 6 nitrogen and oxygen atoms in total. The predicted molar refractivity (Wildman–Crippen MR) is 114 cm³/mol. The summed E-state index contributed by atoms with van der Waals surface area (Å²) < 4.78 is 55.0. The number of hydrogen-bond acceptors (Lipinski definition) is 4. The lowest BCUT2D eigenvalue weighted by Gasteiger charge is -2.19. The van der Waals surface area contributed by atoms with Gasteiger partial charge in [-0.15, -0.1) is 0 Å². The molecule has 0 saturated carbocycles. The van der Waals surface area contributed by atoms with E-state index in [1.165, 1.54) is 0 Å². The summed E-state index contributed by atoms with van der Waals surface area (Å²) in [5, 5.41) is 1.70. The Balaban J connectivity index is 2.15. The molecule has 0 saturated heterocycles. The van der Waals surface area contributed by atoms with Gasteiger partial charge >= 0.3 is 0 Å². The summed E-state index contributed by atoms with van der Waals surface area (Å²) in [6.07, 6.45) is 1.04. The SMILES string of the molecule is Cc1cc(C)c(S(=O)(=O)Nc2cccc3ccccc23)c(C)c1NS(C)(=O)=O. The minimum Gasteiger partial charge on any atom is -0.283 e. The summed E-state index contributed by atoms with van der Waals surface area (Å²) in [5.74, 6) is 0. The maximum absolute atomic E-state index is 13.2. The van der Waals surface area contributed by atoms with Crippen molar-refractivity contribution in [3.63, 3.8) is 0 Å². The van der Waals surface area contributed by atoms with Gasteiger partial charge in [0.2, 0.25) is 10.0 Å². The van der Waals surface area contributed by atoms with Crippen LogP contribution in [0.2, 0.25) is 0 Å². The van der Waals surface area contributed by atoms with Crippen molar-refractivity contribution in [3.8, 4) is 0 Å². The van der Waals surface area contributed by atoms with Crippen LogP contribution in [0.1, 0.15) is 16.7 Å². The van der Waals surface area contributed by atoms with Gasteiger partial charge < -0.3 is 0 Å². The van der Waals surface area contributed by atoms with Crippen molar-refractivity contribution in [2.75, 3.05) is 15.7 Å². The zero-order valence-corrected chi connectivity index (χ0v) is 17.7. The first-order chi connectivity index (χ1) is 13.0. The van der Waals surface area contributed by atoms with Crippen molar-refractivity contribution in [1.82, 2.24) is 0 Å². The summed E-state index contributed by atoms with van der Waals surface area (Å²) in [6.45, 7) is 5.04.